The van der Waals surface area contributed by atoms with Gasteiger partial charge in [0.2, 0.25) is 5.91 Å². The molecule has 2 aliphatic rings. The largest absolute Gasteiger partial charge is 0.355 e. The van der Waals surface area contributed by atoms with Crippen LogP contribution in [0.1, 0.15) is 29.6 Å². The van der Waals surface area contributed by atoms with Crippen molar-refractivity contribution in [2.75, 3.05) is 26.3 Å². The summed E-state index contributed by atoms with van der Waals surface area (Å²) < 4.78 is 12.3. The second-order valence-corrected chi connectivity index (χ2v) is 7.41. The van der Waals surface area contributed by atoms with Crippen LogP contribution in [0, 0.1) is 11.3 Å². The maximum atomic E-state index is 13.0. The minimum Gasteiger partial charge on any atom is -0.355 e. The molecule has 2 fully saturated rings. The molecule has 1 saturated heterocycles. The van der Waals surface area contributed by atoms with Crippen LogP contribution in [0.15, 0.2) is 36.5 Å². The zero-order valence-electron chi connectivity index (χ0n) is 14.6. The van der Waals surface area contributed by atoms with Crippen molar-refractivity contribution in [2.45, 2.75) is 19.3 Å². The predicted molar refractivity (Wildman–Crippen MR) is 96.4 cm³/mol. The first-order chi connectivity index (χ1) is 12.6. The highest BCUT2D eigenvalue weighted by Gasteiger charge is 2.53. The third-order valence-corrected chi connectivity index (χ3v) is 5.90. The van der Waals surface area contributed by atoms with Gasteiger partial charge in [-0.1, -0.05) is 12.1 Å². The fourth-order valence-corrected chi connectivity index (χ4v) is 4.23. The summed E-state index contributed by atoms with van der Waals surface area (Å²) in [7, 11) is 0. The topological polar surface area (TPSA) is 62.3 Å². The van der Waals surface area contributed by atoms with Gasteiger partial charge in [-0.25, -0.2) is 0 Å². The van der Waals surface area contributed by atoms with Gasteiger partial charge >= 0.3 is 0 Å². The van der Waals surface area contributed by atoms with Crippen LogP contribution in [-0.4, -0.2) is 48.0 Å². The fraction of sp³-hybridized carbons (Fsp3) is 0.450. The van der Waals surface area contributed by atoms with E-state index in [2.05, 4.69) is 10.3 Å². The number of hydrogen-bond donors (Lipinski definition) is 1. The molecule has 1 aromatic heterocycles. The quantitative estimate of drug-likeness (QED) is 0.897. The molecule has 5 nitrogen and oxygen atoms in total. The van der Waals surface area contributed by atoms with Crippen molar-refractivity contribution in [1.29, 1.82) is 0 Å². The van der Waals surface area contributed by atoms with E-state index in [-0.39, 0.29) is 23.7 Å². The monoisotopic (exact) mass is 355 g/mol. The number of hydrogen-bond acceptors (Lipinski definition) is 3. The van der Waals surface area contributed by atoms with Crippen LogP contribution in [0.3, 0.4) is 0 Å². The molecule has 2 atom stereocenters. The molecule has 1 aliphatic heterocycles. The van der Waals surface area contributed by atoms with Gasteiger partial charge in [0, 0.05) is 42.2 Å². The minimum atomic E-state index is -0.636. The number of likely N-dealkylation sites (tertiary alicyclic amines) is 1. The second kappa shape index (κ2) is 6.67. The number of carbonyl (C=O) groups is 2. The van der Waals surface area contributed by atoms with Gasteiger partial charge in [-0.2, -0.15) is 0 Å². The first-order valence-corrected chi connectivity index (χ1v) is 9.08. The lowest BCUT2D eigenvalue weighted by Gasteiger charge is -2.43. The normalized spacial score (nSPS) is 24.2. The molecule has 1 saturated carbocycles. The molecule has 2 heterocycles. The van der Waals surface area contributed by atoms with E-state index in [1.165, 1.54) is 0 Å². The summed E-state index contributed by atoms with van der Waals surface area (Å²) >= 11 is 0. The van der Waals surface area contributed by atoms with E-state index in [0.29, 0.717) is 24.6 Å². The molecule has 0 unspecified atom stereocenters. The van der Waals surface area contributed by atoms with Crippen molar-refractivity contribution in [3.05, 3.63) is 42.1 Å². The molecule has 2 aromatic rings. The van der Waals surface area contributed by atoms with Crippen LogP contribution in [-0.2, 0) is 4.79 Å². The Labute approximate surface area is 151 Å². The number of fused-ring (bicyclic) bond motifs is 2. The maximum absolute atomic E-state index is 13.0. The van der Waals surface area contributed by atoms with Crippen LogP contribution in [0.25, 0.3) is 10.9 Å². The van der Waals surface area contributed by atoms with Gasteiger partial charge < -0.3 is 10.2 Å². The van der Waals surface area contributed by atoms with Crippen LogP contribution in [0.4, 0.5) is 4.39 Å². The summed E-state index contributed by atoms with van der Waals surface area (Å²) in [4.78, 5) is 30.8. The van der Waals surface area contributed by atoms with Crippen molar-refractivity contribution in [1.82, 2.24) is 15.2 Å². The summed E-state index contributed by atoms with van der Waals surface area (Å²) in [6.45, 7) is 1.26. The Bertz CT molecular complexity index is 856. The van der Waals surface area contributed by atoms with Gasteiger partial charge in [0.25, 0.3) is 5.91 Å². The molecule has 0 radical (unpaired) electrons. The molecule has 136 valence electrons. The van der Waals surface area contributed by atoms with Gasteiger partial charge in [0.05, 0.1) is 18.6 Å². The third kappa shape index (κ3) is 2.93. The van der Waals surface area contributed by atoms with Gasteiger partial charge in [0.15, 0.2) is 0 Å². The Balaban J connectivity index is 1.46. The Hall–Kier alpha value is -2.50. The van der Waals surface area contributed by atoms with Crippen LogP contribution in [0.2, 0.25) is 0 Å². The van der Waals surface area contributed by atoms with E-state index in [9.17, 15) is 14.0 Å². The first kappa shape index (κ1) is 16.9. The summed E-state index contributed by atoms with van der Waals surface area (Å²) in [5, 5.41) is 3.86. The molecule has 0 bridgehead atoms. The second-order valence-electron chi connectivity index (χ2n) is 7.41. The average Bonchev–Trinajstić information content (AvgIpc) is 2.90. The van der Waals surface area contributed by atoms with E-state index < -0.39 is 6.67 Å². The molecule has 1 N–H and O–H groups in total. The van der Waals surface area contributed by atoms with E-state index in [0.717, 1.165) is 30.3 Å². The highest BCUT2D eigenvalue weighted by atomic mass is 19.1. The van der Waals surface area contributed by atoms with Crippen molar-refractivity contribution in [3.63, 3.8) is 0 Å². The standard InChI is InChI=1S/C20H22FN3O2/c21-8-6-18(25)23-12-20-7-5-16(20)11-24(13-20)19(26)15-4-3-14-2-1-9-22-17(14)10-15/h1-4,9-10,16H,5-8,11-13H2,(H,23,25)/t16-,20-/m0/s1. The number of aromatic nitrogens is 1. The Morgan fingerprint density at radius 1 is 1.35 bits per heavy atom. The van der Waals surface area contributed by atoms with Crippen LogP contribution < -0.4 is 5.32 Å². The van der Waals surface area contributed by atoms with Gasteiger partial charge in [-0.3, -0.25) is 19.0 Å². The van der Waals surface area contributed by atoms with Gasteiger partial charge in [-0.15, -0.1) is 0 Å². The number of alkyl halides is 1. The third-order valence-electron chi connectivity index (χ3n) is 5.90. The molecule has 1 aromatic carbocycles. The van der Waals surface area contributed by atoms with Crippen molar-refractivity contribution < 1.29 is 14.0 Å². The molecule has 6 heteroatoms. The number of nitrogens with zero attached hydrogens (tertiary/aromatic N) is 2. The SMILES string of the molecule is O=C(CCF)NC[C@]12CC[C@H]1CN(C(=O)c1ccc3cccnc3c1)C2. The number of carbonyl (C=O) groups excluding carboxylic acids is 2. The molecule has 4 rings (SSSR count). The van der Waals surface area contributed by atoms with E-state index >= 15 is 0 Å². The molecule has 2 amide bonds. The number of nitrogens with one attached hydrogen (secondary N) is 1. The highest BCUT2D eigenvalue weighted by molar-refractivity contribution is 5.98. The smallest absolute Gasteiger partial charge is 0.253 e. The summed E-state index contributed by atoms with van der Waals surface area (Å²) in [6, 6.07) is 9.47. The number of benzene rings is 1. The van der Waals surface area contributed by atoms with Gasteiger partial charge in [0.1, 0.15) is 0 Å². The molecule has 0 spiro atoms. The van der Waals surface area contributed by atoms with E-state index in [1.807, 2.05) is 35.2 Å². The molecule has 1 aliphatic carbocycles. The lowest BCUT2D eigenvalue weighted by molar-refractivity contribution is -0.122. The van der Waals surface area contributed by atoms with E-state index in [4.69, 9.17) is 0 Å². The van der Waals surface area contributed by atoms with Crippen molar-refractivity contribution in [2.24, 2.45) is 11.3 Å². The lowest BCUT2D eigenvalue weighted by atomic mass is 9.62. The molecular formula is C20H22FN3O2. The lowest BCUT2D eigenvalue weighted by Crippen LogP contribution is -2.48. The Morgan fingerprint density at radius 3 is 3.00 bits per heavy atom. The summed E-state index contributed by atoms with van der Waals surface area (Å²) in [5.74, 6) is 0.176. The Kier molecular flexibility index (Phi) is 4.34. The van der Waals surface area contributed by atoms with Gasteiger partial charge in [-0.05, 0) is 37.0 Å². The zero-order valence-corrected chi connectivity index (χ0v) is 14.6. The van der Waals surface area contributed by atoms with Crippen LogP contribution >= 0.6 is 0 Å². The zero-order chi connectivity index (χ0) is 18.1. The molecule has 26 heavy (non-hydrogen) atoms. The molecular weight excluding hydrogens is 333 g/mol. The number of pyridine rings is 1. The minimum absolute atomic E-state index is 0.0152. The maximum Gasteiger partial charge on any atom is 0.253 e. The highest BCUT2D eigenvalue weighted by Crippen LogP contribution is 2.51. The average molecular weight is 355 g/mol. The van der Waals surface area contributed by atoms with E-state index in [1.54, 1.807) is 6.20 Å². The van der Waals surface area contributed by atoms with Crippen molar-refractivity contribution in [3.8, 4) is 0 Å². The predicted octanol–water partition coefficient (Wildman–Crippen LogP) is 2.56. The number of amides is 2. The first-order valence-electron chi connectivity index (χ1n) is 9.08. The number of halogens is 1. The fourth-order valence-electron chi connectivity index (χ4n) is 4.23. The van der Waals surface area contributed by atoms with Crippen molar-refractivity contribution >= 4 is 22.7 Å². The summed E-state index contributed by atoms with van der Waals surface area (Å²) in [5.41, 5.74) is 1.42. The number of rotatable bonds is 5. The Morgan fingerprint density at radius 2 is 2.23 bits per heavy atom. The summed E-state index contributed by atoms with van der Waals surface area (Å²) in [6.07, 6.45) is 3.70. The van der Waals surface area contributed by atoms with Crippen LogP contribution in [0.5, 0.6) is 0 Å².